The highest BCUT2D eigenvalue weighted by atomic mass is 16.6. The Morgan fingerprint density at radius 2 is 2.00 bits per heavy atom. The minimum Gasteiger partial charge on any atom is -0.445 e. The molecule has 1 saturated carbocycles. The molecule has 1 fully saturated rings. The van der Waals surface area contributed by atoms with E-state index in [1.54, 1.807) is 18.7 Å². The molecule has 0 bridgehead atoms. The van der Waals surface area contributed by atoms with E-state index in [-0.39, 0.29) is 12.7 Å². The summed E-state index contributed by atoms with van der Waals surface area (Å²) in [4.78, 5) is 13.8. The van der Waals surface area contributed by atoms with Crippen molar-refractivity contribution in [1.82, 2.24) is 4.90 Å². The van der Waals surface area contributed by atoms with Gasteiger partial charge in [0.25, 0.3) is 0 Å². The van der Waals surface area contributed by atoms with Crippen LogP contribution >= 0.6 is 0 Å². The zero-order valence-corrected chi connectivity index (χ0v) is 12.2. The molecule has 0 atom stereocenters. The third-order valence-corrected chi connectivity index (χ3v) is 3.22. The van der Waals surface area contributed by atoms with Crippen LogP contribution in [0.15, 0.2) is 30.3 Å². The summed E-state index contributed by atoms with van der Waals surface area (Å²) >= 11 is 0. The van der Waals surface area contributed by atoms with Crippen LogP contribution in [-0.4, -0.2) is 34.8 Å². The van der Waals surface area contributed by atoms with E-state index in [2.05, 4.69) is 0 Å². The van der Waals surface area contributed by atoms with Gasteiger partial charge in [-0.3, -0.25) is 0 Å². The predicted octanol–water partition coefficient (Wildman–Crippen LogP) is 2.81. The maximum Gasteiger partial charge on any atom is 0.410 e. The molecule has 2 rings (SSSR count). The molecule has 1 aromatic rings. The summed E-state index contributed by atoms with van der Waals surface area (Å²) in [5.74, 6) is 0.571. The summed E-state index contributed by atoms with van der Waals surface area (Å²) in [6.45, 7) is 4.66. The van der Waals surface area contributed by atoms with E-state index in [4.69, 9.17) is 4.74 Å². The fourth-order valence-electron chi connectivity index (χ4n) is 2.09. The number of rotatable bonds is 6. The summed E-state index contributed by atoms with van der Waals surface area (Å²) in [5.41, 5.74) is 0.0659. The number of hydrogen-bond acceptors (Lipinski definition) is 3. The van der Waals surface area contributed by atoms with Gasteiger partial charge in [-0.2, -0.15) is 0 Å². The van der Waals surface area contributed by atoms with Gasteiger partial charge in [0.15, 0.2) is 0 Å². The minimum atomic E-state index is -0.902. The average molecular weight is 277 g/mol. The summed E-state index contributed by atoms with van der Waals surface area (Å²) in [7, 11) is 0. The van der Waals surface area contributed by atoms with Crippen molar-refractivity contribution in [1.29, 1.82) is 0 Å². The van der Waals surface area contributed by atoms with Crippen LogP contribution in [-0.2, 0) is 11.3 Å². The fourth-order valence-corrected chi connectivity index (χ4v) is 2.09. The fraction of sp³-hybridized carbons (Fsp3) is 0.562. The molecule has 20 heavy (non-hydrogen) atoms. The summed E-state index contributed by atoms with van der Waals surface area (Å²) in [5, 5.41) is 9.91. The molecule has 1 aromatic carbocycles. The van der Waals surface area contributed by atoms with Crippen LogP contribution in [0.2, 0.25) is 0 Å². The first-order chi connectivity index (χ1) is 9.44. The molecule has 110 valence electrons. The second-order valence-electron chi connectivity index (χ2n) is 6.18. The van der Waals surface area contributed by atoms with Crippen LogP contribution in [0.5, 0.6) is 0 Å². The van der Waals surface area contributed by atoms with E-state index in [9.17, 15) is 9.90 Å². The average Bonchev–Trinajstić information content (AvgIpc) is 3.19. The molecule has 0 spiro atoms. The van der Waals surface area contributed by atoms with Crippen LogP contribution in [0.25, 0.3) is 0 Å². The maximum absolute atomic E-state index is 12.2. The number of benzene rings is 1. The lowest BCUT2D eigenvalue weighted by atomic mass is 10.1. The molecule has 0 radical (unpaired) electrons. The largest absolute Gasteiger partial charge is 0.445 e. The van der Waals surface area contributed by atoms with Gasteiger partial charge >= 0.3 is 6.09 Å². The number of aliphatic hydroxyl groups is 1. The molecule has 0 saturated heterocycles. The third kappa shape index (κ3) is 5.21. The monoisotopic (exact) mass is 277 g/mol. The van der Waals surface area contributed by atoms with Gasteiger partial charge < -0.3 is 14.7 Å². The van der Waals surface area contributed by atoms with Gasteiger partial charge in [0, 0.05) is 6.54 Å². The third-order valence-electron chi connectivity index (χ3n) is 3.22. The summed E-state index contributed by atoms with van der Waals surface area (Å²) in [6.07, 6.45) is 1.98. The van der Waals surface area contributed by atoms with Crippen molar-refractivity contribution in [2.24, 2.45) is 5.92 Å². The minimum absolute atomic E-state index is 0.271. The molecule has 1 amide bonds. The maximum atomic E-state index is 12.2. The molecule has 1 aliphatic carbocycles. The van der Waals surface area contributed by atoms with E-state index in [1.165, 1.54) is 0 Å². The molecule has 0 unspecified atom stereocenters. The molecule has 0 aromatic heterocycles. The van der Waals surface area contributed by atoms with E-state index in [0.29, 0.717) is 19.0 Å². The van der Waals surface area contributed by atoms with Gasteiger partial charge in [-0.1, -0.05) is 30.3 Å². The van der Waals surface area contributed by atoms with E-state index < -0.39 is 5.60 Å². The zero-order valence-electron chi connectivity index (χ0n) is 12.2. The number of carbonyl (C=O) groups excluding carboxylic acids is 1. The lowest BCUT2D eigenvalue weighted by molar-refractivity contribution is 0.0245. The van der Waals surface area contributed by atoms with E-state index in [1.807, 2.05) is 30.3 Å². The molecule has 4 nitrogen and oxygen atoms in total. The number of ether oxygens (including phenoxy) is 1. The number of hydrogen-bond donors (Lipinski definition) is 1. The van der Waals surface area contributed by atoms with Gasteiger partial charge in [-0.05, 0) is 38.2 Å². The number of carbonyl (C=O) groups is 1. The Hall–Kier alpha value is -1.55. The van der Waals surface area contributed by atoms with Crippen LogP contribution < -0.4 is 0 Å². The van der Waals surface area contributed by atoms with Gasteiger partial charge in [0.05, 0.1) is 12.1 Å². The molecular weight excluding hydrogens is 254 g/mol. The Morgan fingerprint density at radius 3 is 2.55 bits per heavy atom. The van der Waals surface area contributed by atoms with Crippen molar-refractivity contribution in [3.05, 3.63) is 35.9 Å². The van der Waals surface area contributed by atoms with Crippen LogP contribution in [0.1, 0.15) is 32.3 Å². The van der Waals surface area contributed by atoms with Crippen molar-refractivity contribution < 1.29 is 14.6 Å². The van der Waals surface area contributed by atoms with Gasteiger partial charge in [-0.25, -0.2) is 4.79 Å². The zero-order chi connectivity index (χ0) is 14.6. The molecule has 1 N–H and O–H groups in total. The first kappa shape index (κ1) is 14.9. The number of amides is 1. The van der Waals surface area contributed by atoms with Crippen molar-refractivity contribution in [2.75, 3.05) is 13.1 Å². The Morgan fingerprint density at radius 1 is 1.35 bits per heavy atom. The van der Waals surface area contributed by atoms with Gasteiger partial charge in [0.1, 0.15) is 6.61 Å². The Bertz CT molecular complexity index is 435. The molecular formula is C16H23NO3. The first-order valence-electron chi connectivity index (χ1n) is 7.12. The standard InChI is InChI=1S/C16H23NO3/c1-16(2,19)12-17(10-13-8-9-13)15(18)20-11-14-6-4-3-5-7-14/h3-7,13,19H,8-12H2,1-2H3. The molecule has 4 heteroatoms. The lowest BCUT2D eigenvalue weighted by Crippen LogP contribution is -2.43. The summed E-state index contributed by atoms with van der Waals surface area (Å²) in [6, 6.07) is 9.62. The molecule has 0 aliphatic heterocycles. The van der Waals surface area contributed by atoms with E-state index in [0.717, 1.165) is 18.4 Å². The van der Waals surface area contributed by atoms with Crippen LogP contribution in [0.4, 0.5) is 4.79 Å². The molecule has 0 heterocycles. The normalized spacial score (nSPS) is 14.9. The quantitative estimate of drug-likeness (QED) is 0.870. The second-order valence-corrected chi connectivity index (χ2v) is 6.18. The highest BCUT2D eigenvalue weighted by molar-refractivity contribution is 5.67. The van der Waals surface area contributed by atoms with Crippen LogP contribution in [0, 0.1) is 5.92 Å². The van der Waals surface area contributed by atoms with Crippen molar-refractivity contribution in [2.45, 2.75) is 38.9 Å². The highest BCUT2D eigenvalue weighted by Gasteiger charge is 2.30. The Balaban J connectivity index is 1.88. The second kappa shape index (κ2) is 6.27. The van der Waals surface area contributed by atoms with Crippen LogP contribution in [0.3, 0.4) is 0 Å². The smallest absolute Gasteiger partial charge is 0.410 e. The Labute approximate surface area is 120 Å². The van der Waals surface area contributed by atoms with Gasteiger partial charge in [-0.15, -0.1) is 0 Å². The topological polar surface area (TPSA) is 49.8 Å². The molecule has 1 aliphatic rings. The highest BCUT2D eigenvalue weighted by Crippen LogP contribution is 2.30. The Kier molecular flexibility index (Phi) is 4.65. The van der Waals surface area contributed by atoms with Gasteiger partial charge in [0.2, 0.25) is 0 Å². The number of nitrogens with zero attached hydrogens (tertiary/aromatic N) is 1. The van der Waals surface area contributed by atoms with Crippen molar-refractivity contribution >= 4 is 6.09 Å². The first-order valence-corrected chi connectivity index (χ1v) is 7.12. The predicted molar refractivity (Wildman–Crippen MR) is 77.2 cm³/mol. The SMILES string of the molecule is CC(C)(O)CN(CC1CC1)C(=O)OCc1ccccc1. The van der Waals surface area contributed by atoms with Crippen molar-refractivity contribution in [3.8, 4) is 0 Å². The van der Waals surface area contributed by atoms with E-state index >= 15 is 0 Å². The van der Waals surface area contributed by atoms with Crippen molar-refractivity contribution in [3.63, 3.8) is 0 Å². The summed E-state index contributed by atoms with van der Waals surface area (Å²) < 4.78 is 5.34. The lowest BCUT2D eigenvalue weighted by Gasteiger charge is -2.28.